The van der Waals surface area contributed by atoms with Crippen molar-refractivity contribution in [3.63, 3.8) is 0 Å². The molecule has 2 aromatic rings. The highest BCUT2D eigenvalue weighted by atomic mass is 19.4. The van der Waals surface area contributed by atoms with Crippen LogP contribution in [-0.2, 0) is 6.18 Å². The summed E-state index contributed by atoms with van der Waals surface area (Å²) in [5.41, 5.74) is 4.21. The van der Waals surface area contributed by atoms with Crippen LogP contribution in [-0.4, -0.2) is 16.7 Å². The first-order valence-corrected chi connectivity index (χ1v) is 7.80. The number of carbonyl (C=O) groups excluding carboxylic acids is 1. The number of halogens is 3. The van der Waals surface area contributed by atoms with Crippen molar-refractivity contribution in [1.82, 2.24) is 9.99 Å². The van der Waals surface area contributed by atoms with E-state index in [1.54, 1.807) is 0 Å². The monoisotopic (exact) mass is 351 g/mol. The number of carbonyl (C=O) groups is 1. The third-order valence-electron chi connectivity index (χ3n) is 3.86. The fraction of sp³-hybridized carbons (Fsp3) is 0.333. The molecule has 0 radical (unpaired) electrons. The SMILES string of the molecule is Cc1cc(C=NNC(=O)c2cccc(C(F)(F)F)c2)c(C)n1C(C)C. The van der Waals surface area contributed by atoms with Crippen LogP contribution in [0.3, 0.4) is 0 Å². The Kier molecular flexibility index (Phi) is 5.35. The van der Waals surface area contributed by atoms with E-state index in [9.17, 15) is 18.0 Å². The Hall–Kier alpha value is -2.57. The molecule has 0 aliphatic heterocycles. The number of hydrogen-bond donors (Lipinski definition) is 1. The molecule has 1 aromatic carbocycles. The topological polar surface area (TPSA) is 46.4 Å². The molecule has 1 aromatic heterocycles. The molecule has 1 amide bonds. The molecule has 2 rings (SSSR count). The van der Waals surface area contributed by atoms with Gasteiger partial charge >= 0.3 is 6.18 Å². The minimum Gasteiger partial charge on any atom is -0.346 e. The van der Waals surface area contributed by atoms with E-state index in [1.165, 1.54) is 18.3 Å². The number of benzene rings is 1. The van der Waals surface area contributed by atoms with E-state index >= 15 is 0 Å². The molecule has 0 saturated carbocycles. The van der Waals surface area contributed by atoms with Gasteiger partial charge in [-0.1, -0.05) is 6.07 Å². The zero-order valence-electron chi connectivity index (χ0n) is 14.5. The second-order valence-electron chi connectivity index (χ2n) is 6.07. The number of alkyl halides is 3. The minimum absolute atomic E-state index is 0.0976. The highest BCUT2D eigenvalue weighted by Crippen LogP contribution is 2.29. The average molecular weight is 351 g/mol. The second kappa shape index (κ2) is 7.13. The first-order valence-electron chi connectivity index (χ1n) is 7.80. The summed E-state index contributed by atoms with van der Waals surface area (Å²) >= 11 is 0. The van der Waals surface area contributed by atoms with Gasteiger partial charge in [0.15, 0.2) is 0 Å². The molecular formula is C18H20F3N3O. The molecule has 1 N–H and O–H groups in total. The van der Waals surface area contributed by atoms with Gasteiger partial charge in [-0.25, -0.2) is 5.43 Å². The van der Waals surface area contributed by atoms with Gasteiger partial charge in [-0.15, -0.1) is 0 Å². The van der Waals surface area contributed by atoms with Crippen molar-refractivity contribution in [1.29, 1.82) is 0 Å². The number of amides is 1. The van der Waals surface area contributed by atoms with Crippen LogP contribution in [0.2, 0.25) is 0 Å². The molecule has 0 bridgehead atoms. The second-order valence-corrected chi connectivity index (χ2v) is 6.07. The zero-order chi connectivity index (χ0) is 18.8. The Bertz CT molecular complexity index is 804. The van der Waals surface area contributed by atoms with Crippen LogP contribution in [0.4, 0.5) is 13.2 Å². The van der Waals surface area contributed by atoms with Crippen LogP contribution >= 0.6 is 0 Å². The van der Waals surface area contributed by atoms with E-state index in [2.05, 4.69) is 28.9 Å². The van der Waals surface area contributed by atoms with Crippen LogP contribution < -0.4 is 5.43 Å². The predicted octanol–water partition coefficient (Wildman–Crippen LogP) is 4.47. The molecule has 0 aliphatic carbocycles. The summed E-state index contributed by atoms with van der Waals surface area (Å²) in [6, 6.07) is 6.45. The Labute approximate surface area is 144 Å². The van der Waals surface area contributed by atoms with Crippen LogP contribution in [0.15, 0.2) is 35.4 Å². The number of rotatable bonds is 4. The van der Waals surface area contributed by atoms with Gasteiger partial charge in [-0.05, 0) is 52.0 Å². The summed E-state index contributed by atoms with van der Waals surface area (Å²) in [4.78, 5) is 12.0. The molecule has 0 atom stereocenters. The normalized spacial score (nSPS) is 12.2. The molecule has 1 heterocycles. The summed E-state index contributed by atoms with van der Waals surface area (Å²) in [5, 5.41) is 3.87. The van der Waals surface area contributed by atoms with Gasteiger partial charge in [0.2, 0.25) is 0 Å². The lowest BCUT2D eigenvalue weighted by atomic mass is 10.1. The van der Waals surface area contributed by atoms with Gasteiger partial charge < -0.3 is 4.57 Å². The van der Waals surface area contributed by atoms with Crippen molar-refractivity contribution in [2.45, 2.75) is 39.9 Å². The van der Waals surface area contributed by atoms with Crippen LogP contribution in [0.1, 0.15) is 52.8 Å². The van der Waals surface area contributed by atoms with E-state index < -0.39 is 17.6 Å². The number of nitrogens with zero attached hydrogens (tertiary/aromatic N) is 2. The molecule has 0 spiro atoms. The molecule has 134 valence electrons. The third-order valence-corrected chi connectivity index (χ3v) is 3.86. The molecule has 0 aliphatic rings. The van der Waals surface area contributed by atoms with Crippen LogP contribution in [0, 0.1) is 13.8 Å². The lowest BCUT2D eigenvalue weighted by Gasteiger charge is -2.13. The highest BCUT2D eigenvalue weighted by Gasteiger charge is 2.30. The quantitative estimate of drug-likeness (QED) is 0.641. The highest BCUT2D eigenvalue weighted by molar-refractivity contribution is 5.95. The van der Waals surface area contributed by atoms with E-state index in [-0.39, 0.29) is 5.56 Å². The number of nitrogens with one attached hydrogen (secondary N) is 1. The Morgan fingerprint density at radius 2 is 1.92 bits per heavy atom. The van der Waals surface area contributed by atoms with Crippen molar-refractivity contribution in [3.05, 3.63) is 58.4 Å². The van der Waals surface area contributed by atoms with Crippen molar-refractivity contribution >= 4 is 12.1 Å². The first-order chi connectivity index (χ1) is 11.6. The first kappa shape index (κ1) is 18.8. The maximum Gasteiger partial charge on any atom is 0.416 e. The van der Waals surface area contributed by atoms with Crippen molar-refractivity contribution in [2.24, 2.45) is 5.10 Å². The van der Waals surface area contributed by atoms with Gasteiger partial charge in [0, 0.05) is 28.6 Å². The summed E-state index contributed by atoms with van der Waals surface area (Å²) in [5.74, 6) is -0.694. The van der Waals surface area contributed by atoms with Gasteiger partial charge in [0.05, 0.1) is 11.8 Å². The zero-order valence-corrected chi connectivity index (χ0v) is 14.5. The summed E-state index contributed by atoms with van der Waals surface area (Å²) in [6.07, 6.45) is -3.00. The van der Waals surface area contributed by atoms with Gasteiger partial charge in [0.25, 0.3) is 5.91 Å². The Balaban J connectivity index is 2.13. The minimum atomic E-state index is -4.49. The van der Waals surface area contributed by atoms with E-state index in [0.29, 0.717) is 6.04 Å². The van der Waals surface area contributed by atoms with Crippen LogP contribution in [0.25, 0.3) is 0 Å². The average Bonchev–Trinajstić information content (AvgIpc) is 2.80. The fourth-order valence-corrected chi connectivity index (χ4v) is 2.79. The van der Waals surface area contributed by atoms with Crippen molar-refractivity contribution in [3.8, 4) is 0 Å². The summed E-state index contributed by atoms with van der Waals surface area (Å²) < 4.78 is 40.2. The number of hydrogen-bond acceptors (Lipinski definition) is 2. The number of aryl methyl sites for hydroxylation is 1. The molecule has 0 saturated heterocycles. The maximum atomic E-state index is 12.7. The molecular weight excluding hydrogens is 331 g/mol. The largest absolute Gasteiger partial charge is 0.416 e. The van der Waals surface area contributed by atoms with Crippen molar-refractivity contribution in [2.75, 3.05) is 0 Å². The number of hydrazone groups is 1. The Morgan fingerprint density at radius 1 is 1.24 bits per heavy atom. The molecule has 4 nitrogen and oxygen atoms in total. The van der Waals surface area contributed by atoms with Crippen LogP contribution in [0.5, 0.6) is 0 Å². The lowest BCUT2D eigenvalue weighted by Crippen LogP contribution is -2.18. The van der Waals surface area contributed by atoms with E-state index in [0.717, 1.165) is 29.1 Å². The summed E-state index contributed by atoms with van der Waals surface area (Å²) in [6.45, 7) is 8.06. The summed E-state index contributed by atoms with van der Waals surface area (Å²) in [7, 11) is 0. The predicted molar refractivity (Wildman–Crippen MR) is 90.8 cm³/mol. The van der Waals surface area contributed by atoms with Gasteiger partial charge in [0.1, 0.15) is 0 Å². The third kappa shape index (κ3) is 4.29. The van der Waals surface area contributed by atoms with Gasteiger partial charge in [-0.3, -0.25) is 4.79 Å². The molecule has 0 unspecified atom stereocenters. The lowest BCUT2D eigenvalue weighted by molar-refractivity contribution is -0.137. The van der Waals surface area contributed by atoms with E-state index in [1.807, 2.05) is 19.9 Å². The maximum absolute atomic E-state index is 12.7. The molecule has 0 fully saturated rings. The van der Waals surface area contributed by atoms with Gasteiger partial charge in [-0.2, -0.15) is 18.3 Å². The standard InChI is InChI=1S/C18H20F3N3O/c1-11(2)24-12(3)8-15(13(24)4)10-22-23-17(25)14-6-5-7-16(9-14)18(19,20)21/h5-11H,1-4H3,(H,23,25). The molecule has 7 heteroatoms. The smallest absolute Gasteiger partial charge is 0.346 e. The Morgan fingerprint density at radius 3 is 2.48 bits per heavy atom. The number of aromatic nitrogens is 1. The van der Waals surface area contributed by atoms with Crippen molar-refractivity contribution < 1.29 is 18.0 Å². The fourth-order valence-electron chi connectivity index (χ4n) is 2.79. The molecule has 25 heavy (non-hydrogen) atoms. The van der Waals surface area contributed by atoms with E-state index in [4.69, 9.17) is 0 Å².